The molecular weight excluding hydrogens is 210 g/mol. The van der Waals surface area contributed by atoms with E-state index in [2.05, 4.69) is 16.7 Å². The molecule has 0 aromatic rings. The summed E-state index contributed by atoms with van der Waals surface area (Å²) in [6.07, 6.45) is 7.09. The third kappa shape index (κ3) is 2.67. The van der Waals surface area contributed by atoms with Crippen LogP contribution in [0.2, 0.25) is 0 Å². The number of nitrogens with zero attached hydrogens (tertiary/aromatic N) is 2. The van der Waals surface area contributed by atoms with Crippen LogP contribution in [0.3, 0.4) is 0 Å². The minimum atomic E-state index is 0.275. The van der Waals surface area contributed by atoms with Crippen molar-refractivity contribution in [1.29, 1.82) is 0 Å². The first-order valence-corrected chi connectivity index (χ1v) is 7.40. The predicted octanol–water partition coefficient (Wildman–Crippen LogP) is 1.28. The van der Waals surface area contributed by atoms with E-state index in [0.717, 1.165) is 18.5 Å². The molecule has 0 radical (unpaired) electrons. The van der Waals surface area contributed by atoms with Crippen molar-refractivity contribution in [2.75, 3.05) is 32.7 Å². The van der Waals surface area contributed by atoms with Crippen LogP contribution in [0.25, 0.3) is 0 Å². The normalized spacial score (nSPS) is 31.4. The minimum Gasteiger partial charge on any atom is -0.329 e. The summed E-state index contributed by atoms with van der Waals surface area (Å²) in [5.41, 5.74) is 6.34. The standard InChI is InChI=1S/C14H27N3/c1-14(11-15,10-12-2-3-12)17-8-6-16(7-9-17)13-4-5-13/h12-13H,2-11,15H2,1H3. The van der Waals surface area contributed by atoms with Crippen LogP contribution in [-0.4, -0.2) is 54.1 Å². The van der Waals surface area contributed by atoms with Gasteiger partial charge in [0, 0.05) is 44.3 Å². The van der Waals surface area contributed by atoms with Gasteiger partial charge in [0.1, 0.15) is 0 Å². The highest BCUT2D eigenvalue weighted by atomic mass is 15.3. The van der Waals surface area contributed by atoms with Gasteiger partial charge >= 0.3 is 0 Å². The zero-order valence-electron chi connectivity index (χ0n) is 11.2. The Labute approximate surface area is 105 Å². The van der Waals surface area contributed by atoms with Crippen molar-refractivity contribution in [2.45, 2.75) is 50.6 Å². The molecule has 3 heteroatoms. The third-order valence-electron chi connectivity index (χ3n) is 5.01. The summed E-state index contributed by atoms with van der Waals surface area (Å²) in [6.45, 7) is 8.22. The molecule has 98 valence electrons. The highest BCUT2D eigenvalue weighted by Gasteiger charge is 2.39. The lowest BCUT2D eigenvalue weighted by Gasteiger charge is -2.46. The van der Waals surface area contributed by atoms with E-state index in [9.17, 15) is 0 Å². The van der Waals surface area contributed by atoms with Crippen LogP contribution >= 0.6 is 0 Å². The van der Waals surface area contributed by atoms with Crippen molar-refractivity contribution in [3.63, 3.8) is 0 Å². The van der Waals surface area contributed by atoms with Crippen molar-refractivity contribution in [2.24, 2.45) is 11.7 Å². The molecule has 2 saturated carbocycles. The van der Waals surface area contributed by atoms with E-state index in [0.29, 0.717) is 0 Å². The van der Waals surface area contributed by atoms with Crippen LogP contribution in [0.4, 0.5) is 0 Å². The molecule has 0 bridgehead atoms. The van der Waals surface area contributed by atoms with Gasteiger partial charge in [0.25, 0.3) is 0 Å². The van der Waals surface area contributed by atoms with Crippen LogP contribution in [-0.2, 0) is 0 Å². The van der Waals surface area contributed by atoms with Crippen LogP contribution in [0.5, 0.6) is 0 Å². The second-order valence-corrected chi connectivity index (χ2v) is 6.60. The molecule has 2 N–H and O–H groups in total. The summed E-state index contributed by atoms with van der Waals surface area (Å²) in [6, 6.07) is 0.935. The molecule has 2 aliphatic carbocycles. The summed E-state index contributed by atoms with van der Waals surface area (Å²) in [5, 5.41) is 0. The molecule has 0 aromatic carbocycles. The summed E-state index contributed by atoms with van der Waals surface area (Å²) in [7, 11) is 0. The molecule has 3 rings (SSSR count). The second-order valence-electron chi connectivity index (χ2n) is 6.60. The van der Waals surface area contributed by atoms with Gasteiger partial charge in [-0.3, -0.25) is 9.80 Å². The van der Waals surface area contributed by atoms with E-state index < -0.39 is 0 Å². The molecule has 0 spiro atoms. The van der Waals surface area contributed by atoms with E-state index in [4.69, 9.17) is 5.73 Å². The third-order valence-corrected chi connectivity index (χ3v) is 5.01. The molecule has 0 aromatic heterocycles. The van der Waals surface area contributed by atoms with E-state index in [1.54, 1.807) is 0 Å². The van der Waals surface area contributed by atoms with E-state index in [-0.39, 0.29) is 5.54 Å². The number of rotatable bonds is 5. The average molecular weight is 237 g/mol. The SMILES string of the molecule is CC(CN)(CC1CC1)N1CCN(C2CC2)CC1. The first kappa shape index (κ1) is 11.9. The van der Waals surface area contributed by atoms with Gasteiger partial charge in [-0.25, -0.2) is 0 Å². The maximum atomic E-state index is 6.07. The van der Waals surface area contributed by atoms with Gasteiger partial charge in [-0.1, -0.05) is 12.8 Å². The molecule has 1 atom stereocenters. The highest BCUT2D eigenvalue weighted by molar-refractivity contribution is 4.96. The number of hydrogen-bond donors (Lipinski definition) is 1. The van der Waals surface area contributed by atoms with Gasteiger partial charge in [-0.2, -0.15) is 0 Å². The predicted molar refractivity (Wildman–Crippen MR) is 71.0 cm³/mol. The van der Waals surface area contributed by atoms with Crippen LogP contribution < -0.4 is 5.73 Å². The van der Waals surface area contributed by atoms with Crippen molar-refractivity contribution in [1.82, 2.24) is 9.80 Å². The summed E-state index contributed by atoms with van der Waals surface area (Å²) >= 11 is 0. The van der Waals surface area contributed by atoms with Crippen LogP contribution in [0, 0.1) is 5.92 Å². The Bertz CT molecular complexity index is 265. The van der Waals surface area contributed by atoms with Gasteiger partial charge in [0.2, 0.25) is 0 Å². The maximum absolute atomic E-state index is 6.07. The fourth-order valence-corrected chi connectivity index (χ4v) is 3.35. The van der Waals surface area contributed by atoms with Crippen LogP contribution in [0.15, 0.2) is 0 Å². The molecule has 1 aliphatic heterocycles. The molecule has 3 nitrogen and oxygen atoms in total. The quantitative estimate of drug-likeness (QED) is 0.782. The Morgan fingerprint density at radius 3 is 2.18 bits per heavy atom. The highest BCUT2D eigenvalue weighted by Crippen LogP contribution is 2.39. The molecule has 1 unspecified atom stereocenters. The van der Waals surface area contributed by atoms with Gasteiger partial charge < -0.3 is 5.73 Å². The smallest absolute Gasteiger partial charge is 0.0307 e. The lowest BCUT2D eigenvalue weighted by Crippen LogP contribution is -2.59. The van der Waals surface area contributed by atoms with E-state index in [1.807, 2.05) is 0 Å². The largest absolute Gasteiger partial charge is 0.329 e. The van der Waals surface area contributed by atoms with Crippen molar-refractivity contribution < 1.29 is 0 Å². The number of nitrogens with two attached hydrogens (primary N) is 1. The molecule has 3 fully saturated rings. The summed E-state index contributed by atoms with van der Waals surface area (Å²) in [5.74, 6) is 0.977. The monoisotopic (exact) mass is 237 g/mol. The topological polar surface area (TPSA) is 32.5 Å². The van der Waals surface area contributed by atoms with Gasteiger partial charge in [-0.05, 0) is 32.1 Å². The Morgan fingerprint density at radius 1 is 1.06 bits per heavy atom. The van der Waals surface area contributed by atoms with Gasteiger partial charge in [0.05, 0.1) is 0 Å². The lowest BCUT2D eigenvalue weighted by atomic mass is 9.92. The molecule has 1 saturated heterocycles. The second kappa shape index (κ2) is 4.52. The maximum Gasteiger partial charge on any atom is 0.0307 e. The summed E-state index contributed by atoms with van der Waals surface area (Å²) in [4.78, 5) is 5.36. The molecule has 1 heterocycles. The van der Waals surface area contributed by atoms with E-state index >= 15 is 0 Å². The van der Waals surface area contributed by atoms with Crippen molar-refractivity contribution in [3.05, 3.63) is 0 Å². The average Bonchev–Trinajstić information content (AvgIpc) is 3.22. The lowest BCUT2D eigenvalue weighted by molar-refractivity contribution is 0.0354. The van der Waals surface area contributed by atoms with Crippen molar-refractivity contribution in [3.8, 4) is 0 Å². The Hall–Kier alpha value is -0.120. The van der Waals surface area contributed by atoms with E-state index in [1.165, 1.54) is 58.3 Å². The molecule has 3 aliphatic rings. The van der Waals surface area contributed by atoms with Gasteiger partial charge in [0.15, 0.2) is 0 Å². The first-order chi connectivity index (χ1) is 8.21. The Kier molecular flexibility index (Phi) is 3.18. The molecule has 0 amide bonds. The molecular formula is C14H27N3. The Balaban J connectivity index is 1.55. The Morgan fingerprint density at radius 2 is 1.71 bits per heavy atom. The fourth-order valence-electron chi connectivity index (χ4n) is 3.35. The fraction of sp³-hybridized carbons (Fsp3) is 1.00. The van der Waals surface area contributed by atoms with Crippen LogP contribution in [0.1, 0.15) is 39.0 Å². The number of piperazine rings is 1. The zero-order valence-corrected chi connectivity index (χ0v) is 11.2. The first-order valence-electron chi connectivity index (χ1n) is 7.40. The molecule has 17 heavy (non-hydrogen) atoms. The minimum absolute atomic E-state index is 0.275. The summed E-state index contributed by atoms with van der Waals surface area (Å²) < 4.78 is 0. The zero-order chi connectivity index (χ0) is 11.9. The van der Waals surface area contributed by atoms with Crippen molar-refractivity contribution >= 4 is 0 Å². The van der Waals surface area contributed by atoms with Gasteiger partial charge in [-0.15, -0.1) is 0 Å². The number of hydrogen-bond acceptors (Lipinski definition) is 3.